The number of ether oxygens (including phenoxy) is 1. The van der Waals surface area contributed by atoms with Crippen LogP contribution >= 0.6 is 0 Å². The molecule has 0 radical (unpaired) electrons. The third-order valence-electron chi connectivity index (χ3n) is 2.29. The van der Waals surface area contributed by atoms with Crippen molar-refractivity contribution in [3.63, 3.8) is 0 Å². The molecule has 0 bridgehead atoms. The highest BCUT2D eigenvalue weighted by Crippen LogP contribution is 2.09. The summed E-state index contributed by atoms with van der Waals surface area (Å²) in [6.07, 6.45) is 9.13. The number of hydrogen-bond donors (Lipinski definition) is 0. The van der Waals surface area contributed by atoms with E-state index in [0.29, 0.717) is 6.42 Å². The minimum absolute atomic E-state index is 0.150. The van der Waals surface area contributed by atoms with Crippen molar-refractivity contribution < 1.29 is 14.3 Å². The van der Waals surface area contributed by atoms with Gasteiger partial charge in [0.2, 0.25) is 0 Å². The van der Waals surface area contributed by atoms with Gasteiger partial charge >= 0.3 is 5.97 Å². The van der Waals surface area contributed by atoms with Crippen LogP contribution in [0.2, 0.25) is 0 Å². The Kier molecular flexibility index (Phi) is 8.12. The fourth-order valence-corrected chi connectivity index (χ4v) is 1.30. The van der Waals surface area contributed by atoms with Gasteiger partial charge in [-0.3, -0.25) is 9.59 Å². The summed E-state index contributed by atoms with van der Waals surface area (Å²) in [6.45, 7) is 5.04. The molecule has 0 rings (SSSR count). The first-order chi connectivity index (χ1) is 7.63. The lowest BCUT2D eigenvalue weighted by atomic mass is 10.0. The van der Waals surface area contributed by atoms with Crippen molar-refractivity contribution in [3.05, 3.63) is 24.8 Å². The first-order valence-electron chi connectivity index (χ1n) is 5.47. The molecule has 0 fully saturated rings. The number of unbranched alkanes of at least 4 members (excludes halogenated alkanes) is 2. The third-order valence-corrected chi connectivity index (χ3v) is 2.29. The molecule has 0 aliphatic rings. The van der Waals surface area contributed by atoms with Gasteiger partial charge in [-0.1, -0.05) is 18.2 Å². The Morgan fingerprint density at radius 2 is 2.00 bits per heavy atom. The molecular formula is C13H20O3. The Morgan fingerprint density at radius 3 is 2.50 bits per heavy atom. The molecule has 0 aromatic rings. The highest BCUT2D eigenvalue weighted by molar-refractivity contribution is 5.97. The second-order valence-corrected chi connectivity index (χ2v) is 3.61. The van der Waals surface area contributed by atoms with E-state index in [-0.39, 0.29) is 5.78 Å². The second kappa shape index (κ2) is 8.89. The summed E-state index contributed by atoms with van der Waals surface area (Å²) in [4.78, 5) is 22.4. The van der Waals surface area contributed by atoms with Crippen molar-refractivity contribution in [2.24, 2.45) is 5.92 Å². The SMILES string of the molecule is C=CCCCC=CCC(C(C)=O)C(=O)OC. The number of allylic oxidation sites excluding steroid dienone is 3. The first kappa shape index (κ1) is 14.6. The molecule has 0 aromatic heterocycles. The van der Waals surface area contributed by atoms with Gasteiger partial charge in [0.05, 0.1) is 7.11 Å². The Labute approximate surface area is 97.2 Å². The molecule has 0 aromatic carbocycles. The minimum atomic E-state index is -0.652. The molecule has 0 aliphatic carbocycles. The lowest BCUT2D eigenvalue weighted by Crippen LogP contribution is -2.22. The second-order valence-electron chi connectivity index (χ2n) is 3.61. The van der Waals surface area contributed by atoms with Crippen LogP contribution in [-0.4, -0.2) is 18.9 Å². The number of rotatable bonds is 8. The minimum Gasteiger partial charge on any atom is -0.468 e. The lowest BCUT2D eigenvalue weighted by molar-refractivity contribution is -0.148. The molecule has 0 aliphatic heterocycles. The number of methoxy groups -OCH3 is 1. The van der Waals surface area contributed by atoms with Crippen LogP contribution in [0.1, 0.15) is 32.6 Å². The fourth-order valence-electron chi connectivity index (χ4n) is 1.30. The average molecular weight is 224 g/mol. The van der Waals surface area contributed by atoms with Crippen LogP contribution in [0.4, 0.5) is 0 Å². The molecule has 1 atom stereocenters. The van der Waals surface area contributed by atoms with Gasteiger partial charge in [0.15, 0.2) is 0 Å². The molecule has 0 saturated heterocycles. The molecular weight excluding hydrogens is 204 g/mol. The molecule has 0 amide bonds. The topological polar surface area (TPSA) is 43.4 Å². The van der Waals surface area contributed by atoms with Crippen molar-refractivity contribution in [3.8, 4) is 0 Å². The summed E-state index contributed by atoms with van der Waals surface area (Å²) in [7, 11) is 1.30. The maximum absolute atomic E-state index is 11.2. The van der Waals surface area contributed by atoms with E-state index in [0.717, 1.165) is 19.3 Å². The zero-order valence-electron chi connectivity index (χ0n) is 10.1. The molecule has 0 saturated carbocycles. The van der Waals surface area contributed by atoms with Gasteiger partial charge in [-0.05, 0) is 32.6 Å². The van der Waals surface area contributed by atoms with Crippen LogP contribution in [-0.2, 0) is 14.3 Å². The van der Waals surface area contributed by atoms with E-state index >= 15 is 0 Å². The number of esters is 1. The quantitative estimate of drug-likeness (QED) is 0.275. The summed E-state index contributed by atoms with van der Waals surface area (Å²) in [5.74, 6) is -1.26. The largest absolute Gasteiger partial charge is 0.468 e. The summed E-state index contributed by atoms with van der Waals surface area (Å²) in [5, 5.41) is 0. The predicted molar refractivity (Wildman–Crippen MR) is 64.0 cm³/mol. The molecule has 3 nitrogen and oxygen atoms in total. The van der Waals surface area contributed by atoms with E-state index in [1.165, 1.54) is 14.0 Å². The van der Waals surface area contributed by atoms with Crippen LogP contribution in [0, 0.1) is 5.92 Å². The number of ketones is 1. The number of carbonyl (C=O) groups excluding carboxylic acids is 2. The average Bonchev–Trinajstić information content (AvgIpc) is 2.26. The normalized spacial score (nSPS) is 12.4. The summed E-state index contributed by atoms with van der Waals surface area (Å²) >= 11 is 0. The highest BCUT2D eigenvalue weighted by Gasteiger charge is 2.22. The number of Topliss-reactive ketones (excluding diaryl/α,β-unsaturated/α-hetero) is 1. The molecule has 3 heteroatoms. The molecule has 0 heterocycles. The van der Waals surface area contributed by atoms with E-state index < -0.39 is 11.9 Å². The van der Waals surface area contributed by atoms with Crippen LogP contribution in [0.25, 0.3) is 0 Å². The van der Waals surface area contributed by atoms with Crippen LogP contribution in [0.15, 0.2) is 24.8 Å². The van der Waals surface area contributed by atoms with Crippen molar-refractivity contribution in [1.29, 1.82) is 0 Å². The summed E-state index contributed by atoms with van der Waals surface area (Å²) in [5.41, 5.74) is 0. The Hall–Kier alpha value is -1.38. The molecule has 0 spiro atoms. The Morgan fingerprint density at radius 1 is 1.31 bits per heavy atom. The zero-order valence-corrected chi connectivity index (χ0v) is 10.1. The van der Waals surface area contributed by atoms with Gasteiger partial charge in [0.1, 0.15) is 11.7 Å². The van der Waals surface area contributed by atoms with E-state index in [9.17, 15) is 9.59 Å². The van der Waals surface area contributed by atoms with Gasteiger partial charge in [0, 0.05) is 0 Å². The van der Waals surface area contributed by atoms with Gasteiger partial charge in [-0.25, -0.2) is 0 Å². The van der Waals surface area contributed by atoms with Crippen molar-refractivity contribution in [2.75, 3.05) is 7.11 Å². The first-order valence-corrected chi connectivity index (χ1v) is 5.47. The monoisotopic (exact) mass is 224 g/mol. The van der Waals surface area contributed by atoms with Gasteiger partial charge < -0.3 is 4.74 Å². The van der Waals surface area contributed by atoms with E-state index in [1.54, 1.807) is 0 Å². The Balaban J connectivity index is 3.97. The Bertz CT molecular complexity index is 266. The maximum Gasteiger partial charge on any atom is 0.316 e. The van der Waals surface area contributed by atoms with Crippen LogP contribution in [0.3, 0.4) is 0 Å². The predicted octanol–water partition coefficient (Wildman–Crippen LogP) is 2.67. The summed E-state index contributed by atoms with van der Waals surface area (Å²) in [6, 6.07) is 0. The standard InChI is InChI=1S/C13H20O3/c1-4-5-6-7-8-9-10-12(11(2)14)13(15)16-3/h4,8-9,12H,1,5-7,10H2,2-3H3. The van der Waals surface area contributed by atoms with Gasteiger partial charge in [-0.15, -0.1) is 6.58 Å². The van der Waals surface area contributed by atoms with Crippen LogP contribution < -0.4 is 0 Å². The van der Waals surface area contributed by atoms with E-state index in [1.807, 2.05) is 18.2 Å². The van der Waals surface area contributed by atoms with Crippen molar-refractivity contribution in [2.45, 2.75) is 32.6 Å². The number of hydrogen-bond acceptors (Lipinski definition) is 3. The van der Waals surface area contributed by atoms with Gasteiger partial charge in [-0.2, -0.15) is 0 Å². The third kappa shape index (κ3) is 6.17. The maximum atomic E-state index is 11.2. The molecule has 90 valence electrons. The smallest absolute Gasteiger partial charge is 0.316 e. The molecule has 0 N–H and O–H groups in total. The highest BCUT2D eigenvalue weighted by atomic mass is 16.5. The summed E-state index contributed by atoms with van der Waals surface area (Å²) < 4.78 is 4.56. The molecule has 1 unspecified atom stereocenters. The molecule has 16 heavy (non-hydrogen) atoms. The van der Waals surface area contributed by atoms with Crippen molar-refractivity contribution >= 4 is 11.8 Å². The number of carbonyl (C=O) groups is 2. The lowest BCUT2D eigenvalue weighted by Gasteiger charge is -2.07. The fraction of sp³-hybridized carbons (Fsp3) is 0.538. The van der Waals surface area contributed by atoms with E-state index in [4.69, 9.17) is 0 Å². The van der Waals surface area contributed by atoms with Gasteiger partial charge in [0.25, 0.3) is 0 Å². The zero-order chi connectivity index (χ0) is 12.4. The van der Waals surface area contributed by atoms with E-state index in [2.05, 4.69) is 11.3 Å². The van der Waals surface area contributed by atoms with Crippen molar-refractivity contribution in [1.82, 2.24) is 0 Å². The van der Waals surface area contributed by atoms with Crippen LogP contribution in [0.5, 0.6) is 0 Å².